The van der Waals surface area contributed by atoms with E-state index in [4.69, 9.17) is 11.6 Å². The minimum absolute atomic E-state index is 0.141. The fourth-order valence-electron chi connectivity index (χ4n) is 1.91. The molecule has 1 aliphatic rings. The maximum atomic E-state index is 13.6. The molecule has 1 saturated heterocycles. The van der Waals surface area contributed by atoms with Crippen LogP contribution in [0.25, 0.3) is 0 Å². The lowest BCUT2D eigenvalue weighted by atomic mass is 9.97. The van der Waals surface area contributed by atoms with Crippen molar-refractivity contribution >= 4 is 11.6 Å². The molecule has 76 valence electrons. The molecule has 1 heterocycles. The van der Waals surface area contributed by atoms with Gasteiger partial charge in [-0.25, -0.2) is 4.39 Å². The molecule has 14 heavy (non-hydrogen) atoms. The highest BCUT2D eigenvalue weighted by Gasteiger charge is 2.18. The minimum atomic E-state index is -0.270. The molecule has 1 aromatic rings. The van der Waals surface area contributed by atoms with E-state index in [-0.39, 0.29) is 16.9 Å². The molecule has 1 N–H and O–H groups in total. The zero-order chi connectivity index (χ0) is 9.97. The number of piperidine rings is 1. The van der Waals surface area contributed by atoms with Gasteiger partial charge in [0.2, 0.25) is 0 Å². The van der Waals surface area contributed by atoms with Crippen LogP contribution in [0.15, 0.2) is 18.2 Å². The monoisotopic (exact) mass is 213 g/mol. The molecule has 0 radical (unpaired) electrons. The Morgan fingerprint density at radius 3 is 2.93 bits per heavy atom. The van der Waals surface area contributed by atoms with E-state index in [0.717, 1.165) is 19.4 Å². The summed E-state index contributed by atoms with van der Waals surface area (Å²) in [4.78, 5) is 0. The Hall–Kier alpha value is -0.600. The van der Waals surface area contributed by atoms with Gasteiger partial charge in [-0.15, -0.1) is 0 Å². The molecule has 1 aliphatic heterocycles. The van der Waals surface area contributed by atoms with E-state index >= 15 is 0 Å². The first-order chi connectivity index (χ1) is 6.79. The van der Waals surface area contributed by atoms with E-state index in [2.05, 4.69) is 5.32 Å². The molecule has 2 rings (SSSR count). The van der Waals surface area contributed by atoms with Crippen LogP contribution in [0.3, 0.4) is 0 Å². The standard InChI is InChI=1S/C11H13ClFN/c12-9-5-3-4-8(11(9)13)10-6-1-2-7-14-10/h3-5,10,14H,1-2,6-7H2. The maximum Gasteiger partial charge on any atom is 0.146 e. The fraction of sp³-hybridized carbons (Fsp3) is 0.455. The molecule has 1 aromatic carbocycles. The van der Waals surface area contributed by atoms with Gasteiger partial charge in [0.25, 0.3) is 0 Å². The highest BCUT2D eigenvalue weighted by Crippen LogP contribution is 2.28. The highest BCUT2D eigenvalue weighted by molar-refractivity contribution is 6.30. The Labute approximate surface area is 88.3 Å². The van der Waals surface area contributed by atoms with E-state index in [9.17, 15) is 4.39 Å². The van der Waals surface area contributed by atoms with Crippen LogP contribution < -0.4 is 5.32 Å². The topological polar surface area (TPSA) is 12.0 Å². The Morgan fingerprint density at radius 1 is 1.36 bits per heavy atom. The lowest BCUT2D eigenvalue weighted by Gasteiger charge is -2.24. The zero-order valence-electron chi connectivity index (χ0n) is 7.89. The van der Waals surface area contributed by atoms with Crippen LogP contribution in [-0.2, 0) is 0 Å². The summed E-state index contributed by atoms with van der Waals surface area (Å²) in [5.74, 6) is -0.270. The SMILES string of the molecule is Fc1c(Cl)cccc1C1CCCCN1. The molecule has 0 aromatic heterocycles. The average Bonchev–Trinajstić information content (AvgIpc) is 2.23. The Morgan fingerprint density at radius 2 is 2.21 bits per heavy atom. The van der Waals surface area contributed by atoms with Gasteiger partial charge < -0.3 is 5.32 Å². The summed E-state index contributed by atoms with van der Waals surface area (Å²) in [5.41, 5.74) is 0.706. The van der Waals surface area contributed by atoms with Gasteiger partial charge in [-0.2, -0.15) is 0 Å². The van der Waals surface area contributed by atoms with Crippen molar-refractivity contribution in [2.24, 2.45) is 0 Å². The van der Waals surface area contributed by atoms with Gasteiger partial charge in [-0.3, -0.25) is 0 Å². The second-order valence-corrected chi connectivity index (χ2v) is 4.05. The molecular weight excluding hydrogens is 201 g/mol. The molecule has 1 atom stereocenters. The van der Waals surface area contributed by atoms with Gasteiger partial charge in [0.15, 0.2) is 0 Å². The number of benzene rings is 1. The van der Waals surface area contributed by atoms with Crippen molar-refractivity contribution in [2.45, 2.75) is 25.3 Å². The summed E-state index contributed by atoms with van der Waals surface area (Å²) < 4.78 is 13.6. The zero-order valence-corrected chi connectivity index (χ0v) is 8.65. The highest BCUT2D eigenvalue weighted by atomic mass is 35.5. The first-order valence-corrected chi connectivity index (χ1v) is 5.34. The van der Waals surface area contributed by atoms with Gasteiger partial charge in [0.1, 0.15) is 5.82 Å². The number of hydrogen-bond acceptors (Lipinski definition) is 1. The van der Waals surface area contributed by atoms with Crippen molar-refractivity contribution in [3.63, 3.8) is 0 Å². The number of nitrogens with one attached hydrogen (secondary N) is 1. The lowest BCUT2D eigenvalue weighted by Crippen LogP contribution is -2.27. The van der Waals surface area contributed by atoms with Gasteiger partial charge in [-0.1, -0.05) is 30.2 Å². The summed E-state index contributed by atoms with van der Waals surface area (Å²) in [6.45, 7) is 0.969. The van der Waals surface area contributed by atoms with Crippen LogP contribution in [-0.4, -0.2) is 6.54 Å². The summed E-state index contributed by atoms with van der Waals surface area (Å²) in [6.07, 6.45) is 3.33. The third-order valence-electron chi connectivity index (χ3n) is 2.67. The number of hydrogen-bond donors (Lipinski definition) is 1. The van der Waals surface area contributed by atoms with Crippen molar-refractivity contribution in [2.75, 3.05) is 6.54 Å². The van der Waals surface area contributed by atoms with Gasteiger partial charge >= 0.3 is 0 Å². The van der Waals surface area contributed by atoms with Crippen molar-refractivity contribution in [3.8, 4) is 0 Å². The Kier molecular flexibility index (Phi) is 3.04. The van der Waals surface area contributed by atoms with E-state index in [0.29, 0.717) is 5.56 Å². The molecule has 1 fully saturated rings. The smallest absolute Gasteiger partial charge is 0.146 e. The van der Waals surface area contributed by atoms with Gasteiger partial charge in [0, 0.05) is 11.6 Å². The molecule has 1 nitrogen and oxygen atoms in total. The van der Waals surface area contributed by atoms with Gasteiger partial charge in [0.05, 0.1) is 5.02 Å². The maximum absolute atomic E-state index is 13.6. The Bertz CT molecular complexity index is 321. The summed E-state index contributed by atoms with van der Waals surface area (Å²) in [7, 11) is 0. The largest absolute Gasteiger partial charge is 0.310 e. The first-order valence-electron chi connectivity index (χ1n) is 4.96. The van der Waals surface area contributed by atoms with E-state index in [1.165, 1.54) is 6.42 Å². The third kappa shape index (κ3) is 1.91. The van der Waals surface area contributed by atoms with Crippen LogP contribution in [0.4, 0.5) is 4.39 Å². The van der Waals surface area contributed by atoms with Gasteiger partial charge in [-0.05, 0) is 25.5 Å². The van der Waals surface area contributed by atoms with Crippen LogP contribution in [0.1, 0.15) is 30.9 Å². The predicted octanol–water partition coefficient (Wildman–Crippen LogP) is 3.29. The normalized spacial score (nSPS) is 22.3. The lowest BCUT2D eigenvalue weighted by molar-refractivity contribution is 0.400. The van der Waals surface area contributed by atoms with Crippen LogP contribution >= 0.6 is 11.6 Å². The second kappa shape index (κ2) is 4.28. The average molecular weight is 214 g/mol. The van der Waals surface area contributed by atoms with E-state index in [1.807, 2.05) is 6.07 Å². The third-order valence-corrected chi connectivity index (χ3v) is 2.96. The van der Waals surface area contributed by atoms with Crippen LogP contribution in [0.2, 0.25) is 5.02 Å². The summed E-state index contributed by atoms with van der Waals surface area (Å²) in [6, 6.07) is 5.34. The molecule has 0 aliphatic carbocycles. The molecule has 0 bridgehead atoms. The van der Waals surface area contributed by atoms with E-state index < -0.39 is 0 Å². The van der Waals surface area contributed by atoms with Crippen LogP contribution in [0, 0.1) is 5.82 Å². The number of rotatable bonds is 1. The first kappa shape index (κ1) is 9.94. The number of halogens is 2. The molecule has 3 heteroatoms. The molecule has 1 unspecified atom stereocenters. The predicted molar refractivity (Wildman–Crippen MR) is 56.0 cm³/mol. The minimum Gasteiger partial charge on any atom is -0.310 e. The molecule has 0 spiro atoms. The van der Waals surface area contributed by atoms with Crippen LogP contribution in [0.5, 0.6) is 0 Å². The van der Waals surface area contributed by atoms with Crippen molar-refractivity contribution in [1.29, 1.82) is 0 Å². The van der Waals surface area contributed by atoms with Crippen molar-refractivity contribution in [1.82, 2.24) is 5.32 Å². The van der Waals surface area contributed by atoms with Crippen molar-refractivity contribution in [3.05, 3.63) is 34.6 Å². The van der Waals surface area contributed by atoms with Crippen molar-refractivity contribution < 1.29 is 4.39 Å². The summed E-state index contributed by atoms with van der Waals surface area (Å²) in [5, 5.41) is 3.52. The second-order valence-electron chi connectivity index (χ2n) is 3.65. The quantitative estimate of drug-likeness (QED) is 0.755. The Balaban J connectivity index is 2.26. The molecule has 0 saturated carbocycles. The fourth-order valence-corrected chi connectivity index (χ4v) is 2.09. The summed E-state index contributed by atoms with van der Waals surface area (Å²) >= 11 is 5.73. The van der Waals surface area contributed by atoms with E-state index in [1.54, 1.807) is 12.1 Å². The molecular formula is C11H13ClFN. The molecule has 0 amide bonds.